The van der Waals surface area contributed by atoms with Gasteiger partial charge in [-0.15, -0.1) is 0 Å². The quantitative estimate of drug-likeness (QED) is 0.264. The molecule has 0 unspecified atom stereocenters. The minimum absolute atomic E-state index is 0.0952. The number of hydrogen-bond donors (Lipinski definition) is 4. The Labute approximate surface area is 111 Å². The minimum atomic E-state index is -4.67. The topological polar surface area (TPSA) is 148 Å². The predicted octanol–water partition coefficient (Wildman–Crippen LogP) is -0.00558. The number of ether oxygens (including phenoxy) is 1. The van der Waals surface area contributed by atoms with Gasteiger partial charge in [-0.3, -0.25) is 14.1 Å². The van der Waals surface area contributed by atoms with Crippen LogP contribution in [0.5, 0.6) is 5.75 Å². The Morgan fingerprint density at radius 1 is 1.37 bits per heavy atom. The molecule has 0 heterocycles. The summed E-state index contributed by atoms with van der Waals surface area (Å²) in [4.78, 5) is 3.81. The Kier molecular flexibility index (Phi) is 7.49. The zero-order valence-electron chi connectivity index (χ0n) is 10.4. The molecule has 0 bridgehead atoms. The van der Waals surface area contributed by atoms with Crippen molar-refractivity contribution in [2.24, 2.45) is 16.5 Å². The van der Waals surface area contributed by atoms with Crippen molar-refractivity contribution in [1.82, 2.24) is 0 Å². The van der Waals surface area contributed by atoms with E-state index in [1.807, 2.05) is 31.2 Å². The number of aryl methyl sites for hydroxylation is 1. The van der Waals surface area contributed by atoms with Crippen LogP contribution in [0.4, 0.5) is 0 Å². The van der Waals surface area contributed by atoms with E-state index < -0.39 is 10.4 Å². The van der Waals surface area contributed by atoms with Crippen LogP contribution in [0.15, 0.2) is 29.3 Å². The Morgan fingerprint density at radius 3 is 2.42 bits per heavy atom. The standard InChI is InChI=1S/C10H15N3O.H2O4S/c1-8-3-2-4-9(7-8)14-6-5-13-10(11)12;1-5(2,3)4/h2-4,7H,5-6H2,1H3,(H4,11,12,13);(H2,1,2,3,4). The van der Waals surface area contributed by atoms with Gasteiger partial charge in [-0.25, -0.2) is 0 Å². The highest BCUT2D eigenvalue weighted by Gasteiger charge is 1.92. The molecule has 108 valence electrons. The lowest BCUT2D eigenvalue weighted by atomic mass is 10.2. The van der Waals surface area contributed by atoms with Gasteiger partial charge in [-0.2, -0.15) is 8.42 Å². The predicted molar refractivity (Wildman–Crippen MR) is 71.5 cm³/mol. The molecule has 0 aromatic heterocycles. The van der Waals surface area contributed by atoms with Gasteiger partial charge in [-0.05, 0) is 24.6 Å². The van der Waals surface area contributed by atoms with Gasteiger partial charge in [0.25, 0.3) is 0 Å². The van der Waals surface area contributed by atoms with Crippen molar-refractivity contribution in [3.05, 3.63) is 29.8 Å². The summed E-state index contributed by atoms with van der Waals surface area (Å²) in [5.41, 5.74) is 11.5. The lowest BCUT2D eigenvalue weighted by Gasteiger charge is -2.04. The fourth-order valence-corrected chi connectivity index (χ4v) is 1.04. The van der Waals surface area contributed by atoms with Crippen LogP contribution in [0.2, 0.25) is 0 Å². The average Bonchev–Trinajstić information content (AvgIpc) is 2.22. The Bertz CT molecular complexity index is 504. The first kappa shape index (κ1) is 17.2. The van der Waals surface area contributed by atoms with Crippen LogP contribution in [-0.2, 0) is 10.4 Å². The van der Waals surface area contributed by atoms with Gasteiger partial charge in [0.2, 0.25) is 0 Å². The number of benzene rings is 1. The molecule has 8 nitrogen and oxygen atoms in total. The lowest BCUT2D eigenvalue weighted by Crippen LogP contribution is -2.23. The summed E-state index contributed by atoms with van der Waals surface area (Å²) in [7, 11) is -4.67. The molecule has 0 radical (unpaired) electrons. The zero-order valence-corrected chi connectivity index (χ0v) is 11.2. The molecule has 1 aromatic rings. The van der Waals surface area contributed by atoms with E-state index >= 15 is 0 Å². The summed E-state index contributed by atoms with van der Waals surface area (Å²) < 4.78 is 37.0. The summed E-state index contributed by atoms with van der Waals surface area (Å²) in [6.45, 7) is 2.99. The van der Waals surface area contributed by atoms with Crippen molar-refractivity contribution in [1.29, 1.82) is 0 Å². The largest absolute Gasteiger partial charge is 0.492 e. The van der Waals surface area contributed by atoms with Crippen LogP contribution in [0.25, 0.3) is 0 Å². The molecule has 19 heavy (non-hydrogen) atoms. The molecule has 0 aliphatic heterocycles. The second-order valence-electron chi connectivity index (χ2n) is 3.42. The number of aliphatic imine (C=N–C) groups is 1. The summed E-state index contributed by atoms with van der Waals surface area (Å²) in [5.74, 6) is 0.939. The maximum absolute atomic E-state index is 8.74. The maximum Gasteiger partial charge on any atom is 0.394 e. The fourth-order valence-electron chi connectivity index (χ4n) is 1.04. The normalized spacial score (nSPS) is 10.1. The summed E-state index contributed by atoms with van der Waals surface area (Å²) in [5, 5.41) is 0. The maximum atomic E-state index is 8.74. The summed E-state index contributed by atoms with van der Waals surface area (Å²) >= 11 is 0. The van der Waals surface area contributed by atoms with Gasteiger partial charge in [0.15, 0.2) is 5.96 Å². The molecule has 0 atom stereocenters. The molecular weight excluding hydrogens is 274 g/mol. The van der Waals surface area contributed by atoms with Crippen molar-refractivity contribution in [2.45, 2.75) is 6.92 Å². The Balaban J connectivity index is 0.000000555. The van der Waals surface area contributed by atoms with Gasteiger partial charge >= 0.3 is 10.4 Å². The monoisotopic (exact) mass is 291 g/mol. The number of guanidine groups is 1. The van der Waals surface area contributed by atoms with Crippen molar-refractivity contribution >= 4 is 16.4 Å². The molecule has 0 amide bonds. The smallest absolute Gasteiger partial charge is 0.394 e. The van der Waals surface area contributed by atoms with E-state index in [2.05, 4.69) is 4.99 Å². The SMILES string of the molecule is Cc1cccc(OCCN=C(N)N)c1.O=S(=O)(O)O. The van der Waals surface area contributed by atoms with Crippen LogP contribution >= 0.6 is 0 Å². The van der Waals surface area contributed by atoms with E-state index in [0.29, 0.717) is 13.2 Å². The van der Waals surface area contributed by atoms with Gasteiger partial charge < -0.3 is 16.2 Å². The third-order valence-electron chi connectivity index (χ3n) is 1.64. The molecule has 1 aromatic carbocycles. The van der Waals surface area contributed by atoms with Gasteiger partial charge in [0.1, 0.15) is 12.4 Å². The molecule has 0 fully saturated rings. The van der Waals surface area contributed by atoms with E-state index in [-0.39, 0.29) is 5.96 Å². The fraction of sp³-hybridized carbons (Fsp3) is 0.300. The highest BCUT2D eigenvalue weighted by molar-refractivity contribution is 7.79. The van der Waals surface area contributed by atoms with E-state index in [1.54, 1.807) is 0 Å². The molecule has 6 N–H and O–H groups in total. The Hall–Kier alpha value is -1.84. The van der Waals surface area contributed by atoms with Crippen LogP contribution in [0, 0.1) is 6.92 Å². The third-order valence-corrected chi connectivity index (χ3v) is 1.64. The van der Waals surface area contributed by atoms with Crippen LogP contribution < -0.4 is 16.2 Å². The third kappa shape index (κ3) is 14.1. The molecule has 0 aliphatic carbocycles. The molecule has 1 rings (SSSR count). The highest BCUT2D eigenvalue weighted by Crippen LogP contribution is 2.11. The zero-order chi connectivity index (χ0) is 14.9. The van der Waals surface area contributed by atoms with E-state index in [0.717, 1.165) is 5.75 Å². The first-order chi connectivity index (χ1) is 8.68. The second kappa shape index (κ2) is 8.29. The van der Waals surface area contributed by atoms with Crippen LogP contribution in [0.1, 0.15) is 5.56 Å². The van der Waals surface area contributed by atoms with Crippen molar-refractivity contribution in [3.8, 4) is 5.75 Å². The average molecular weight is 291 g/mol. The van der Waals surface area contributed by atoms with E-state index in [1.165, 1.54) is 5.56 Å². The molecular formula is C10H17N3O5S. The lowest BCUT2D eigenvalue weighted by molar-refractivity contribution is 0.328. The second-order valence-corrected chi connectivity index (χ2v) is 4.32. The molecule has 0 saturated carbocycles. The van der Waals surface area contributed by atoms with Crippen molar-refractivity contribution in [2.75, 3.05) is 13.2 Å². The Morgan fingerprint density at radius 2 is 1.95 bits per heavy atom. The van der Waals surface area contributed by atoms with E-state index in [4.69, 9.17) is 33.7 Å². The van der Waals surface area contributed by atoms with Gasteiger partial charge in [0, 0.05) is 0 Å². The minimum Gasteiger partial charge on any atom is -0.492 e. The summed E-state index contributed by atoms with van der Waals surface area (Å²) in [6, 6.07) is 7.84. The van der Waals surface area contributed by atoms with Gasteiger partial charge in [0.05, 0.1) is 6.54 Å². The molecule has 9 heteroatoms. The van der Waals surface area contributed by atoms with Crippen LogP contribution in [0.3, 0.4) is 0 Å². The molecule has 0 aliphatic rings. The number of rotatable bonds is 4. The first-order valence-corrected chi connectivity index (χ1v) is 6.53. The molecule has 0 saturated heterocycles. The van der Waals surface area contributed by atoms with Gasteiger partial charge in [-0.1, -0.05) is 12.1 Å². The first-order valence-electron chi connectivity index (χ1n) is 5.13. The highest BCUT2D eigenvalue weighted by atomic mass is 32.3. The summed E-state index contributed by atoms with van der Waals surface area (Å²) in [6.07, 6.45) is 0. The number of hydrogen-bond acceptors (Lipinski definition) is 4. The van der Waals surface area contributed by atoms with E-state index in [9.17, 15) is 0 Å². The number of nitrogens with zero attached hydrogens (tertiary/aromatic N) is 1. The van der Waals surface area contributed by atoms with Crippen molar-refractivity contribution in [3.63, 3.8) is 0 Å². The van der Waals surface area contributed by atoms with Crippen molar-refractivity contribution < 1.29 is 22.3 Å². The number of nitrogens with two attached hydrogens (primary N) is 2. The molecule has 0 spiro atoms. The van der Waals surface area contributed by atoms with Crippen LogP contribution in [-0.4, -0.2) is 36.6 Å².